The van der Waals surface area contributed by atoms with Crippen LogP contribution in [-0.2, 0) is 6.54 Å². The average molecular weight is 293 g/mol. The van der Waals surface area contributed by atoms with Crippen molar-refractivity contribution >= 4 is 5.96 Å². The summed E-state index contributed by atoms with van der Waals surface area (Å²) in [4.78, 5) is 4.28. The highest BCUT2D eigenvalue weighted by molar-refractivity contribution is 5.78. The zero-order valence-electron chi connectivity index (χ0n) is 13.0. The van der Waals surface area contributed by atoms with Crippen molar-refractivity contribution in [3.8, 4) is 17.2 Å². The number of aliphatic imine (C=N–C) groups is 1. The third-order valence-electron chi connectivity index (χ3n) is 2.80. The van der Waals surface area contributed by atoms with Gasteiger partial charge in [-0.05, 0) is 6.92 Å². The number of methoxy groups -OCH3 is 3. The molecule has 1 rings (SSSR count). The van der Waals surface area contributed by atoms with Gasteiger partial charge in [-0.2, -0.15) is 0 Å². The summed E-state index contributed by atoms with van der Waals surface area (Å²) in [6, 6.07) is 3.57. The lowest BCUT2D eigenvalue weighted by Crippen LogP contribution is -2.32. The summed E-state index contributed by atoms with van der Waals surface area (Å²) in [5.41, 5.74) is 7.59. The van der Waals surface area contributed by atoms with E-state index in [0.29, 0.717) is 36.3 Å². The minimum absolute atomic E-state index is 0.339. The van der Waals surface area contributed by atoms with E-state index in [4.69, 9.17) is 19.9 Å². The van der Waals surface area contributed by atoms with Gasteiger partial charge in [0.1, 0.15) is 17.2 Å². The largest absolute Gasteiger partial charge is 0.496 e. The number of nitrogens with zero attached hydrogens (tertiary/aromatic N) is 1. The van der Waals surface area contributed by atoms with Crippen LogP contribution in [0.2, 0.25) is 0 Å². The summed E-state index contributed by atoms with van der Waals surface area (Å²) < 4.78 is 15.9. The Morgan fingerprint density at radius 2 is 1.76 bits per heavy atom. The van der Waals surface area contributed by atoms with Crippen molar-refractivity contribution in [2.24, 2.45) is 10.7 Å². The smallest absolute Gasteiger partial charge is 0.189 e. The van der Waals surface area contributed by atoms with Gasteiger partial charge in [0.15, 0.2) is 5.96 Å². The van der Waals surface area contributed by atoms with Gasteiger partial charge in [0, 0.05) is 18.7 Å². The first-order chi connectivity index (χ1) is 10.0. The SMILES string of the molecule is C=C(C)CNC(N)=NCc1c(OC)cc(OC)cc1OC. The lowest BCUT2D eigenvalue weighted by molar-refractivity contribution is 0.369. The van der Waals surface area contributed by atoms with Gasteiger partial charge in [-0.25, -0.2) is 4.99 Å². The summed E-state index contributed by atoms with van der Waals surface area (Å²) in [5, 5.41) is 2.97. The Morgan fingerprint density at radius 3 is 2.19 bits per heavy atom. The van der Waals surface area contributed by atoms with Crippen LogP contribution in [0.25, 0.3) is 0 Å². The molecule has 0 amide bonds. The first kappa shape index (κ1) is 16.7. The van der Waals surface area contributed by atoms with Crippen molar-refractivity contribution < 1.29 is 14.2 Å². The van der Waals surface area contributed by atoms with Crippen molar-refractivity contribution in [2.45, 2.75) is 13.5 Å². The zero-order chi connectivity index (χ0) is 15.8. The number of nitrogens with one attached hydrogen (secondary N) is 1. The molecule has 0 saturated carbocycles. The van der Waals surface area contributed by atoms with E-state index < -0.39 is 0 Å². The van der Waals surface area contributed by atoms with Crippen LogP contribution in [0.15, 0.2) is 29.3 Å². The summed E-state index contributed by atoms with van der Waals surface area (Å²) in [6.45, 7) is 6.63. The Morgan fingerprint density at radius 1 is 1.19 bits per heavy atom. The Balaban J connectivity index is 2.95. The van der Waals surface area contributed by atoms with Gasteiger partial charge < -0.3 is 25.3 Å². The third kappa shape index (κ3) is 4.91. The van der Waals surface area contributed by atoms with Gasteiger partial charge in [0.05, 0.1) is 33.4 Å². The number of guanidine groups is 1. The molecule has 0 spiro atoms. The summed E-state index contributed by atoms with van der Waals surface area (Å²) in [6.07, 6.45) is 0. The summed E-state index contributed by atoms with van der Waals surface area (Å²) in [7, 11) is 4.76. The molecule has 1 aromatic rings. The maximum atomic E-state index is 5.80. The molecule has 0 radical (unpaired) electrons. The van der Waals surface area contributed by atoms with Crippen LogP contribution in [0.4, 0.5) is 0 Å². The molecule has 0 atom stereocenters. The van der Waals surface area contributed by atoms with E-state index in [9.17, 15) is 0 Å². The molecule has 0 aliphatic rings. The Labute approximate surface area is 125 Å². The Kier molecular flexibility index (Phi) is 6.39. The molecule has 0 aliphatic heterocycles. The minimum Gasteiger partial charge on any atom is -0.496 e. The van der Waals surface area contributed by atoms with Gasteiger partial charge in [-0.1, -0.05) is 12.2 Å². The highest BCUT2D eigenvalue weighted by Gasteiger charge is 2.12. The van der Waals surface area contributed by atoms with E-state index in [1.807, 2.05) is 6.92 Å². The molecule has 6 heteroatoms. The molecule has 0 bridgehead atoms. The topological polar surface area (TPSA) is 78.1 Å². The summed E-state index contributed by atoms with van der Waals surface area (Å²) >= 11 is 0. The monoisotopic (exact) mass is 293 g/mol. The molecular weight excluding hydrogens is 270 g/mol. The minimum atomic E-state index is 0.339. The maximum absolute atomic E-state index is 5.80. The van der Waals surface area contributed by atoms with Crippen LogP contribution >= 0.6 is 0 Å². The molecule has 6 nitrogen and oxygen atoms in total. The van der Waals surface area contributed by atoms with Crippen molar-refractivity contribution in [3.05, 3.63) is 29.8 Å². The molecular formula is C15H23N3O3. The molecule has 0 saturated heterocycles. The molecule has 0 fully saturated rings. The number of benzene rings is 1. The van der Waals surface area contributed by atoms with Crippen LogP contribution in [-0.4, -0.2) is 33.8 Å². The molecule has 1 aromatic carbocycles. The van der Waals surface area contributed by atoms with E-state index in [-0.39, 0.29) is 0 Å². The highest BCUT2D eigenvalue weighted by atomic mass is 16.5. The first-order valence-electron chi connectivity index (χ1n) is 6.48. The second-order valence-corrected chi connectivity index (χ2v) is 4.52. The maximum Gasteiger partial charge on any atom is 0.189 e. The fraction of sp³-hybridized carbons (Fsp3) is 0.400. The van der Waals surface area contributed by atoms with E-state index >= 15 is 0 Å². The molecule has 0 aliphatic carbocycles. The van der Waals surface area contributed by atoms with Crippen molar-refractivity contribution in [1.82, 2.24) is 5.32 Å². The van der Waals surface area contributed by atoms with Gasteiger partial charge in [-0.15, -0.1) is 0 Å². The molecule has 3 N–H and O–H groups in total. The summed E-state index contributed by atoms with van der Waals surface area (Å²) in [5.74, 6) is 2.29. The number of hydrogen-bond donors (Lipinski definition) is 2. The fourth-order valence-corrected chi connectivity index (χ4v) is 1.70. The first-order valence-corrected chi connectivity index (χ1v) is 6.48. The number of hydrogen-bond acceptors (Lipinski definition) is 4. The number of ether oxygens (including phenoxy) is 3. The number of rotatable bonds is 7. The lowest BCUT2D eigenvalue weighted by atomic mass is 10.1. The molecule has 0 heterocycles. The molecule has 0 aromatic heterocycles. The van der Waals surface area contributed by atoms with E-state index in [2.05, 4.69) is 16.9 Å². The van der Waals surface area contributed by atoms with E-state index in [1.165, 1.54) is 0 Å². The zero-order valence-corrected chi connectivity index (χ0v) is 13.0. The van der Waals surface area contributed by atoms with Crippen LogP contribution in [0.3, 0.4) is 0 Å². The molecule has 21 heavy (non-hydrogen) atoms. The Hall–Kier alpha value is -2.37. The third-order valence-corrected chi connectivity index (χ3v) is 2.80. The van der Waals surface area contributed by atoms with Crippen LogP contribution < -0.4 is 25.3 Å². The van der Waals surface area contributed by atoms with Crippen molar-refractivity contribution in [2.75, 3.05) is 27.9 Å². The van der Waals surface area contributed by atoms with Gasteiger partial charge in [0.2, 0.25) is 0 Å². The van der Waals surface area contributed by atoms with E-state index in [1.54, 1.807) is 33.5 Å². The van der Waals surface area contributed by atoms with Gasteiger partial charge in [-0.3, -0.25) is 0 Å². The quantitative estimate of drug-likeness (QED) is 0.454. The van der Waals surface area contributed by atoms with E-state index in [0.717, 1.165) is 11.1 Å². The average Bonchev–Trinajstić information content (AvgIpc) is 2.49. The van der Waals surface area contributed by atoms with Gasteiger partial charge >= 0.3 is 0 Å². The second kappa shape index (κ2) is 8.04. The predicted octanol–water partition coefficient (Wildman–Crippen LogP) is 1.69. The molecule has 0 unspecified atom stereocenters. The van der Waals surface area contributed by atoms with Crippen molar-refractivity contribution in [3.63, 3.8) is 0 Å². The van der Waals surface area contributed by atoms with Gasteiger partial charge in [0.25, 0.3) is 0 Å². The fourth-order valence-electron chi connectivity index (χ4n) is 1.70. The predicted molar refractivity (Wildman–Crippen MR) is 84.2 cm³/mol. The van der Waals surface area contributed by atoms with Crippen LogP contribution in [0.1, 0.15) is 12.5 Å². The lowest BCUT2D eigenvalue weighted by Gasteiger charge is -2.14. The van der Waals surface area contributed by atoms with Crippen molar-refractivity contribution in [1.29, 1.82) is 0 Å². The highest BCUT2D eigenvalue weighted by Crippen LogP contribution is 2.34. The second-order valence-electron chi connectivity index (χ2n) is 4.52. The normalized spacial score (nSPS) is 11.0. The van der Waals surface area contributed by atoms with Crippen LogP contribution in [0.5, 0.6) is 17.2 Å². The Bertz CT molecular complexity index is 502. The van der Waals surface area contributed by atoms with Crippen LogP contribution in [0, 0.1) is 0 Å². The standard InChI is InChI=1S/C15H23N3O3/c1-10(2)8-17-15(16)18-9-12-13(20-4)6-11(19-3)7-14(12)21-5/h6-7H,1,8-9H2,2-5H3,(H3,16,17,18). The molecule has 116 valence electrons. The number of nitrogens with two attached hydrogens (primary N) is 1.